The molecule has 0 heterocycles. The Kier molecular flexibility index (Phi) is 3.74. The van der Waals surface area contributed by atoms with Crippen LogP contribution in [0.4, 0.5) is 0 Å². The lowest BCUT2D eigenvalue weighted by Crippen LogP contribution is -2.43. The fourth-order valence-corrected chi connectivity index (χ4v) is 0.536. The number of carboxylic acid groups (broad SMARTS) is 1. The second-order valence-corrected chi connectivity index (χ2v) is 2.75. The number of carbonyl (C=O) groups is 2. The molecule has 4 heteroatoms. The molecule has 0 radical (unpaired) electrons. The van der Waals surface area contributed by atoms with Crippen molar-refractivity contribution in [3.8, 4) is 0 Å². The van der Waals surface area contributed by atoms with Gasteiger partial charge in [-0.15, -0.1) is 0 Å². The average Bonchev–Trinajstić information content (AvgIpc) is 1.87. The standard InChI is InChI=1S/C7H13NO3/c1-4(2)6(9)3-5(8)7(10)11/h4-5H,3,8H2,1-2H3,(H,10,11)/p-1/t5-/m0/s1. The van der Waals surface area contributed by atoms with E-state index in [0.717, 1.165) is 0 Å². The summed E-state index contributed by atoms with van der Waals surface area (Å²) < 4.78 is 0. The summed E-state index contributed by atoms with van der Waals surface area (Å²) in [5, 5.41) is 10.1. The van der Waals surface area contributed by atoms with E-state index in [4.69, 9.17) is 5.73 Å². The van der Waals surface area contributed by atoms with Crippen molar-refractivity contribution in [2.75, 3.05) is 0 Å². The fraction of sp³-hybridized carbons (Fsp3) is 0.714. The van der Waals surface area contributed by atoms with Gasteiger partial charge in [-0.2, -0.15) is 0 Å². The van der Waals surface area contributed by atoms with Crippen LogP contribution < -0.4 is 10.8 Å². The topological polar surface area (TPSA) is 83.2 Å². The third-order valence-electron chi connectivity index (χ3n) is 1.37. The predicted molar refractivity (Wildman–Crippen MR) is 37.4 cm³/mol. The van der Waals surface area contributed by atoms with Crippen molar-refractivity contribution >= 4 is 11.8 Å². The molecule has 2 N–H and O–H groups in total. The zero-order valence-corrected chi connectivity index (χ0v) is 6.66. The number of carboxylic acids is 1. The SMILES string of the molecule is CC(C)C(=O)C[C@H](N)C(=O)[O-]. The van der Waals surface area contributed by atoms with Crippen molar-refractivity contribution in [2.24, 2.45) is 11.7 Å². The summed E-state index contributed by atoms with van der Waals surface area (Å²) in [5.41, 5.74) is 5.07. The molecule has 0 aliphatic carbocycles. The Hall–Kier alpha value is -0.900. The van der Waals surface area contributed by atoms with Gasteiger partial charge in [0.1, 0.15) is 5.78 Å². The first kappa shape index (κ1) is 10.1. The zero-order valence-electron chi connectivity index (χ0n) is 6.66. The number of hydrogen-bond acceptors (Lipinski definition) is 4. The summed E-state index contributed by atoms with van der Waals surface area (Å²) >= 11 is 0. The second kappa shape index (κ2) is 4.08. The van der Waals surface area contributed by atoms with Gasteiger partial charge < -0.3 is 15.6 Å². The highest BCUT2D eigenvalue weighted by Gasteiger charge is 2.12. The van der Waals surface area contributed by atoms with Crippen LogP contribution in [0.1, 0.15) is 20.3 Å². The molecular weight excluding hydrogens is 146 g/mol. The van der Waals surface area contributed by atoms with Crippen molar-refractivity contribution < 1.29 is 14.7 Å². The van der Waals surface area contributed by atoms with Gasteiger partial charge in [-0.1, -0.05) is 13.8 Å². The van der Waals surface area contributed by atoms with Crippen molar-refractivity contribution in [3.05, 3.63) is 0 Å². The van der Waals surface area contributed by atoms with Gasteiger partial charge in [-0.05, 0) is 0 Å². The first-order valence-corrected chi connectivity index (χ1v) is 3.44. The number of hydrogen-bond donors (Lipinski definition) is 1. The summed E-state index contributed by atoms with van der Waals surface area (Å²) in [6, 6.07) is -1.16. The Bertz CT molecular complexity index is 165. The van der Waals surface area contributed by atoms with E-state index in [1.54, 1.807) is 13.8 Å². The van der Waals surface area contributed by atoms with E-state index in [-0.39, 0.29) is 18.1 Å². The number of nitrogens with two attached hydrogens (primary N) is 1. The molecule has 0 aromatic heterocycles. The van der Waals surface area contributed by atoms with Crippen molar-refractivity contribution in [2.45, 2.75) is 26.3 Å². The molecule has 0 fully saturated rings. The number of rotatable bonds is 4. The Balaban J connectivity index is 3.85. The van der Waals surface area contributed by atoms with Crippen molar-refractivity contribution in [1.29, 1.82) is 0 Å². The highest BCUT2D eigenvalue weighted by atomic mass is 16.4. The van der Waals surface area contributed by atoms with E-state index in [1.807, 2.05) is 0 Å². The van der Waals surface area contributed by atoms with E-state index < -0.39 is 12.0 Å². The van der Waals surface area contributed by atoms with Gasteiger partial charge in [0.25, 0.3) is 0 Å². The summed E-state index contributed by atoms with van der Waals surface area (Å²) in [5.74, 6) is -1.69. The van der Waals surface area contributed by atoms with E-state index in [2.05, 4.69) is 0 Å². The van der Waals surface area contributed by atoms with Gasteiger partial charge >= 0.3 is 0 Å². The molecule has 11 heavy (non-hydrogen) atoms. The highest BCUT2D eigenvalue weighted by molar-refractivity contribution is 5.85. The molecular formula is C7H12NO3-. The van der Waals surface area contributed by atoms with Crippen LogP contribution in [-0.2, 0) is 9.59 Å². The number of carbonyl (C=O) groups excluding carboxylic acids is 2. The van der Waals surface area contributed by atoms with E-state index in [9.17, 15) is 14.7 Å². The molecule has 0 rings (SSSR count). The van der Waals surface area contributed by atoms with Gasteiger partial charge in [0.15, 0.2) is 0 Å². The van der Waals surface area contributed by atoms with Crippen LogP contribution in [-0.4, -0.2) is 17.8 Å². The van der Waals surface area contributed by atoms with Crippen LogP contribution in [0.25, 0.3) is 0 Å². The van der Waals surface area contributed by atoms with Crippen LogP contribution in [0, 0.1) is 5.92 Å². The number of aliphatic carboxylic acids is 1. The number of ketones is 1. The second-order valence-electron chi connectivity index (χ2n) is 2.75. The van der Waals surface area contributed by atoms with Gasteiger partial charge in [0.2, 0.25) is 0 Å². The molecule has 64 valence electrons. The maximum Gasteiger partial charge on any atom is 0.137 e. The Morgan fingerprint density at radius 1 is 1.45 bits per heavy atom. The van der Waals surface area contributed by atoms with Gasteiger partial charge in [0, 0.05) is 12.3 Å². The Morgan fingerprint density at radius 2 is 1.91 bits per heavy atom. The van der Waals surface area contributed by atoms with Crippen LogP contribution >= 0.6 is 0 Å². The minimum atomic E-state index is -1.38. The molecule has 0 aromatic rings. The lowest BCUT2D eigenvalue weighted by atomic mass is 10.0. The molecule has 4 nitrogen and oxygen atoms in total. The molecule has 0 saturated carbocycles. The molecule has 0 aliphatic rings. The van der Waals surface area contributed by atoms with Crippen LogP contribution in [0.3, 0.4) is 0 Å². The van der Waals surface area contributed by atoms with E-state index in [0.29, 0.717) is 0 Å². The Morgan fingerprint density at radius 3 is 2.18 bits per heavy atom. The van der Waals surface area contributed by atoms with Gasteiger partial charge in [0.05, 0.1) is 12.0 Å². The van der Waals surface area contributed by atoms with Crippen molar-refractivity contribution in [3.63, 3.8) is 0 Å². The molecule has 0 unspecified atom stereocenters. The highest BCUT2D eigenvalue weighted by Crippen LogP contribution is 2.00. The predicted octanol–water partition coefficient (Wildman–Crippen LogP) is -1.32. The number of Topliss-reactive ketones (excluding diaryl/α,β-unsaturated/α-hetero) is 1. The van der Waals surface area contributed by atoms with Crippen LogP contribution in [0.2, 0.25) is 0 Å². The maximum atomic E-state index is 10.9. The monoisotopic (exact) mass is 158 g/mol. The molecule has 0 amide bonds. The minimum absolute atomic E-state index is 0.139. The fourth-order valence-electron chi connectivity index (χ4n) is 0.536. The largest absolute Gasteiger partial charge is 0.548 e. The lowest BCUT2D eigenvalue weighted by Gasteiger charge is -2.12. The quantitative estimate of drug-likeness (QED) is 0.550. The van der Waals surface area contributed by atoms with E-state index >= 15 is 0 Å². The molecule has 0 spiro atoms. The summed E-state index contributed by atoms with van der Waals surface area (Å²) in [6.45, 7) is 3.40. The molecule has 0 saturated heterocycles. The molecule has 1 atom stereocenters. The van der Waals surface area contributed by atoms with Crippen LogP contribution in [0.5, 0.6) is 0 Å². The van der Waals surface area contributed by atoms with Gasteiger partial charge in [-0.3, -0.25) is 4.79 Å². The zero-order chi connectivity index (χ0) is 9.02. The summed E-state index contributed by atoms with van der Waals surface area (Å²) in [7, 11) is 0. The third kappa shape index (κ3) is 3.72. The average molecular weight is 158 g/mol. The van der Waals surface area contributed by atoms with Gasteiger partial charge in [-0.25, -0.2) is 0 Å². The maximum absolute atomic E-state index is 10.9. The van der Waals surface area contributed by atoms with Crippen LogP contribution in [0.15, 0.2) is 0 Å². The first-order valence-electron chi connectivity index (χ1n) is 3.44. The molecule has 0 aromatic carbocycles. The minimum Gasteiger partial charge on any atom is -0.548 e. The first-order chi connectivity index (χ1) is 4.95. The summed E-state index contributed by atoms with van der Waals surface area (Å²) in [4.78, 5) is 21.0. The Labute approximate surface area is 65.4 Å². The lowest BCUT2D eigenvalue weighted by molar-refractivity contribution is -0.307. The molecule has 0 aliphatic heterocycles. The third-order valence-corrected chi connectivity index (χ3v) is 1.37. The molecule has 0 bridgehead atoms. The van der Waals surface area contributed by atoms with Crippen molar-refractivity contribution in [1.82, 2.24) is 0 Å². The van der Waals surface area contributed by atoms with E-state index in [1.165, 1.54) is 0 Å². The normalized spacial score (nSPS) is 13.1. The summed E-state index contributed by atoms with van der Waals surface area (Å²) in [6.07, 6.45) is -0.139. The smallest absolute Gasteiger partial charge is 0.137 e.